The summed E-state index contributed by atoms with van der Waals surface area (Å²) >= 11 is 1.69. The summed E-state index contributed by atoms with van der Waals surface area (Å²) in [4.78, 5) is 18.6. The maximum atomic E-state index is 10.7. The Labute approximate surface area is 83.9 Å². The third-order valence-corrected chi connectivity index (χ3v) is 1.67. The fourth-order valence-corrected chi connectivity index (χ4v) is 1.25. The lowest BCUT2D eigenvalue weighted by molar-refractivity contribution is 0.260. The molecule has 0 aromatic carbocycles. The number of aromatic nitrogens is 2. The zero-order valence-electron chi connectivity index (χ0n) is 6.49. The SMILES string of the molecule is CC(NC(=O)I)c1cnccn1. The number of nitrogens with zero attached hydrogens (tertiary/aromatic N) is 2. The van der Waals surface area contributed by atoms with E-state index in [9.17, 15) is 4.79 Å². The summed E-state index contributed by atoms with van der Waals surface area (Å²) in [6.07, 6.45) is 4.84. The van der Waals surface area contributed by atoms with Crippen molar-refractivity contribution >= 4 is 26.5 Å². The van der Waals surface area contributed by atoms with Gasteiger partial charge in [-0.05, 0) is 6.92 Å². The highest BCUT2D eigenvalue weighted by atomic mass is 127. The van der Waals surface area contributed by atoms with Crippen LogP contribution in [-0.2, 0) is 0 Å². The highest BCUT2D eigenvalue weighted by Gasteiger charge is 2.07. The van der Waals surface area contributed by atoms with Crippen LogP contribution in [0, 0.1) is 0 Å². The van der Waals surface area contributed by atoms with Crippen molar-refractivity contribution in [1.29, 1.82) is 0 Å². The number of hydrogen-bond donors (Lipinski definition) is 1. The first kappa shape index (κ1) is 9.37. The second kappa shape index (κ2) is 4.34. The lowest BCUT2D eigenvalue weighted by atomic mass is 10.2. The zero-order chi connectivity index (χ0) is 8.97. The van der Waals surface area contributed by atoms with Gasteiger partial charge in [0.2, 0.25) is 0 Å². The second-order valence-corrected chi connectivity index (χ2v) is 3.25. The molecule has 0 spiro atoms. The van der Waals surface area contributed by atoms with Gasteiger partial charge in [0.15, 0.2) is 0 Å². The third-order valence-electron chi connectivity index (χ3n) is 1.36. The highest BCUT2D eigenvalue weighted by molar-refractivity contribution is 14.1. The Morgan fingerprint density at radius 2 is 2.42 bits per heavy atom. The van der Waals surface area contributed by atoms with E-state index >= 15 is 0 Å². The van der Waals surface area contributed by atoms with Crippen LogP contribution in [0.25, 0.3) is 0 Å². The normalized spacial score (nSPS) is 12.2. The minimum atomic E-state index is -0.0919. The topological polar surface area (TPSA) is 54.9 Å². The zero-order valence-corrected chi connectivity index (χ0v) is 8.65. The van der Waals surface area contributed by atoms with Crippen LogP contribution in [0.3, 0.4) is 0 Å². The van der Waals surface area contributed by atoms with Crippen LogP contribution >= 0.6 is 22.6 Å². The summed E-state index contributed by atoms with van der Waals surface area (Å²) in [6, 6.07) is -0.0805. The first-order chi connectivity index (χ1) is 5.70. The van der Waals surface area contributed by atoms with E-state index < -0.39 is 0 Å². The Hall–Kier alpha value is -0.720. The molecule has 1 aromatic heterocycles. The summed E-state index contributed by atoms with van der Waals surface area (Å²) < 4.78 is -0.0919. The number of carbonyl (C=O) groups excluding carboxylic acids is 1. The number of carbonyl (C=O) groups is 1. The van der Waals surface area contributed by atoms with Crippen molar-refractivity contribution in [3.05, 3.63) is 24.3 Å². The molecule has 0 aliphatic rings. The van der Waals surface area contributed by atoms with Gasteiger partial charge in [0.25, 0.3) is 3.91 Å². The first-order valence-corrected chi connectivity index (χ1v) is 4.50. The molecule has 1 rings (SSSR count). The van der Waals surface area contributed by atoms with Gasteiger partial charge < -0.3 is 5.32 Å². The first-order valence-electron chi connectivity index (χ1n) is 3.42. The molecule has 0 bridgehead atoms. The van der Waals surface area contributed by atoms with Gasteiger partial charge in [0.1, 0.15) is 0 Å². The van der Waals surface area contributed by atoms with Crippen molar-refractivity contribution in [2.75, 3.05) is 0 Å². The number of halogens is 1. The fourth-order valence-electron chi connectivity index (χ4n) is 0.778. The van der Waals surface area contributed by atoms with E-state index in [1.807, 2.05) is 6.92 Å². The van der Waals surface area contributed by atoms with E-state index in [1.165, 1.54) is 0 Å². The van der Waals surface area contributed by atoms with E-state index in [1.54, 1.807) is 41.2 Å². The number of amides is 1. The van der Waals surface area contributed by atoms with Crippen LogP contribution in [0.4, 0.5) is 4.79 Å². The Bertz CT molecular complexity index is 265. The standard InChI is InChI=1S/C7H8IN3O/c1-5(11-7(8)12)6-4-9-2-3-10-6/h2-5H,1H3,(H,11,12). The molecule has 0 fully saturated rings. The van der Waals surface area contributed by atoms with Crippen LogP contribution < -0.4 is 5.32 Å². The van der Waals surface area contributed by atoms with E-state index in [4.69, 9.17) is 0 Å². The molecule has 0 saturated heterocycles. The van der Waals surface area contributed by atoms with E-state index in [0.29, 0.717) is 0 Å². The average Bonchev–Trinajstić information content (AvgIpc) is 2.05. The molecule has 1 amide bonds. The lowest BCUT2D eigenvalue weighted by Gasteiger charge is -2.09. The van der Waals surface area contributed by atoms with Gasteiger partial charge in [-0.25, -0.2) is 0 Å². The minimum absolute atomic E-state index is 0.0805. The van der Waals surface area contributed by atoms with Gasteiger partial charge in [-0.15, -0.1) is 0 Å². The molecule has 1 unspecified atom stereocenters. The van der Waals surface area contributed by atoms with Gasteiger partial charge >= 0.3 is 0 Å². The summed E-state index contributed by atoms with van der Waals surface area (Å²) in [6.45, 7) is 1.86. The molecule has 64 valence electrons. The second-order valence-electron chi connectivity index (χ2n) is 2.27. The van der Waals surface area contributed by atoms with E-state index in [0.717, 1.165) is 5.69 Å². The molecule has 1 heterocycles. The van der Waals surface area contributed by atoms with Crippen LogP contribution in [0.2, 0.25) is 0 Å². The van der Waals surface area contributed by atoms with Crippen LogP contribution in [-0.4, -0.2) is 13.9 Å². The van der Waals surface area contributed by atoms with Crippen molar-refractivity contribution in [2.45, 2.75) is 13.0 Å². The molecule has 0 radical (unpaired) electrons. The van der Waals surface area contributed by atoms with Gasteiger partial charge in [-0.3, -0.25) is 14.8 Å². The Morgan fingerprint density at radius 1 is 1.67 bits per heavy atom. The maximum Gasteiger partial charge on any atom is 0.281 e. The van der Waals surface area contributed by atoms with Crippen LogP contribution in [0.1, 0.15) is 18.7 Å². The molecular weight excluding hydrogens is 269 g/mol. The number of hydrogen-bond acceptors (Lipinski definition) is 3. The summed E-state index contributed by atoms with van der Waals surface area (Å²) in [5, 5.41) is 2.70. The Morgan fingerprint density at radius 3 is 2.92 bits per heavy atom. The summed E-state index contributed by atoms with van der Waals surface area (Å²) in [5.74, 6) is 0. The molecule has 1 N–H and O–H groups in total. The molecule has 1 atom stereocenters. The number of rotatable bonds is 2. The third kappa shape index (κ3) is 2.72. The number of nitrogens with one attached hydrogen (secondary N) is 1. The summed E-state index contributed by atoms with van der Waals surface area (Å²) in [5.41, 5.74) is 0.766. The average molecular weight is 277 g/mol. The maximum absolute atomic E-state index is 10.7. The van der Waals surface area contributed by atoms with Crippen LogP contribution in [0.15, 0.2) is 18.6 Å². The monoisotopic (exact) mass is 277 g/mol. The largest absolute Gasteiger partial charge is 0.339 e. The highest BCUT2D eigenvalue weighted by Crippen LogP contribution is 2.07. The minimum Gasteiger partial charge on any atom is -0.339 e. The molecule has 1 aromatic rings. The van der Waals surface area contributed by atoms with Gasteiger partial charge in [0, 0.05) is 35.0 Å². The van der Waals surface area contributed by atoms with Gasteiger partial charge in [0.05, 0.1) is 17.9 Å². The molecule has 0 aliphatic carbocycles. The van der Waals surface area contributed by atoms with Crippen LogP contribution in [0.5, 0.6) is 0 Å². The lowest BCUT2D eigenvalue weighted by Crippen LogP contribution is -2.21. The van der Waals surface area contributed by atoms with E-state index in [2.05, 4.69) is 15.3 Å². The van der Waals surface area contributed by atoms with Gasteiger partial charge in [-0.1, -0.05) is 0 Å². The predicted molar refractivity (Wildman–Crippen MR) is 53.0 cm³/mol. The molecule has 0 aliphatic heterocycles. The Balaban J connectivity index is 2.65. The Kier molecular flexibility index (Phi) is 3.39. The molecule has 5 heteroatoms. The molecule has 0 saturated carbocycles. The van der Waals surface area contributed by atoms with Crippen molar-refractivity contribution in [2.24, 2.45) is 0 Å². The van der Waals surface area contributed by atoms with Gasteiger partial charge in [-0.2, -0.15) is 0 Å². The molecular formula is C7H8IN3O. The van der Waals surface area contributed by atoms with Crippen molar-refractivity contribution in [3.63, 3.8) is 0 Å². The fraction of sp³-hybridized carbons (Fsp3) is 0.286. The smallest absolute Gasteiger partial charge is 0.281 e. The van der Waals surface area contributed by atoms with Crippen molar-refractivity contribution in [3.8, 4) is 0 Å². The molecule has 12 heavy (non-hydrogen) atoms. The molecule has 4 nitrogen and oxygen atoms in total. The predicted octanol–water partition coefficient (Wildman–Crippen LogP) is 1.68. The van der Waals surface area contributed by atoms with Crippen molar-refractivity contribution in [1.82, 2.24) is 15.3 Å². The summed E-state index contributed by atoms with van der Waals surface area (Å²) in [7, 11) is 0. The quantitative estimate of drug-likeness (QED) is 0.508. The van der Waals surface area contributed by atoms with Crippen molar-refractivity contribution < 1.29 is 4.79 Å². The van der Waals surface area contributed by atoms with E-state index in [-0.39, 0.29) is 9.96 Å².